The molecule has 1 aromatic rings. The molecule has 1 unspecified atom stereocenters. The van der Waals surface area contributed by atoms with Crippen molar-refractivity contribution < 1.29 is 14.3 Å². The number of carbonyl (C=O) groups is 1. The third kappa shape index (κ3) is 3.94. The minimum absolute atomic E-state index is 0.309. The highest BCUT2D eigenvalue weighted by Crippen LogP contribution is 1.99. The Morgan fingerprint density at radius 3 is 2.94 bits per heavy atom. The Labute approximate surface area is 93.5 Å². The van der Waals surface area contributed by atoms with Crippen molar-refractivity contribution in [1.29, 1.82) is 0 Å². The topological polar surface area (TPSA) is 62.2 Å². The van der Waals surface area contributed by atoms with Crippen LogP contribution in [0, 0.1) is 5.95 Å². The molecule has 0 saturated carbocycles. The molecule has 0 aliphatic heterocycles. The highest BCUT2D eigenvalue weighted by atomic mass is 19.1. The predicted molar refractivity (Wildman–Crippen MR) is 57.4 cm³/mol. The van der Waals surface area contributed by atoms with Gasteiger partial charge in [-0.15, -0.1) is 0 Å². The minimum Gasteiger partial charge on any atom is -0.393 e. The van der Waals surface area contributed by atoms with E-state index < -0.39 is 12.1 Å². The molecule has 0 aliphatic rings. The summed E-state index contributed by atoms with van der Waals surface area (Å²) in [5.74, 6) is -0.922. The van der Waals surface area contributed by atoms with Gasteiger partial charge in [-0.3, -0.25) is 4.79 Å². The molecule has 1 amide bonds. The quantitative estimate of drug-likeness (QED) is 0.739. The molecule has 5 heteroatoms. The van der Waals surface area contributed by atoms with Gasteiger partial charge in [0.25, 0.3) is 5.91 Å². The van der Waals surface area contributed by atoms with E-state index in [0.29, 0.717) is 24.9 Å². The van der Waals surface area contributed by atoms with E-state index in [2.05, 4.69) is 10.3 Å². The maximum absolute atomic E-state index is 12.5. The summed E-state index contributed by atoms with van der Waals surface area (Å²) in [4.78, 5) is 14.9. The summed E-state index contributed by atoms with van der Waals surface area (Å²) >= 11 is 0. The third-order valence-electron chi connectivity index (χ3n) is 2.22. The van der Waals surface area contributed by atoms with Gasteiger partial charge in [0.05, 0.1) is 11.7 Å². The Hall–Kier alpha value is -1.49. The summed E-state index contributed by atoms with van der Waals surface area (Å²) in [6, 6.07) is 2.50. The van der Waals surface area contributed by atoms with Crippen LogP contribution in [0.1, 0.15) is 30.1 Å². The van der Waals surface area contributed by atoms with Crippen molar-refractivity contribution in [3.8, 4) is 0 Å². The zero-order valence-electron chi connectivity index (χ0n) is 9.11. The molecule has 0 radical (unpaired) electrons. The Balaban J connectivity index is 2.38. The lowest BCUT2D eigenvalue weighted by Gasteiger charge is -2.08. The smallest absolute Gasteiger partial charge is 0.252 e. The van der Waals surface area contributed by atoms with E-state index in [1.165, 1.54) is 12.3 Å². The molecule has 2 N–H and O–H groups in total. The molecular weight excluding hydrogens is 211 g/mol. The molecule has 0 saturated heterocycles. The summed E-state index contributed by atoms with van der Waals surface area (Å²) in [6.45, 7) is 2.27. The van der Waals surface area contributed by atoms with E-state index in [9.17, 15) is 14.3 Å². The zero-order valence-corrected chi connectivity index (χ0v) is 9.11. The van der Waals surface area contributed by atoms with Crippen molar-refractivity contribution in [2.75, 3.05) is 6.54 Å². The van der Waals surface area contributed by atoms with Crippen LogP contribution in [0.5, 0.6) is 0 Å². The number of hydrogen-bond donors (Lipinski definition) is 2. The van der Waals surface area contributed by atoms with Gasteiger partial charge in [-0.05, 0) is 25.0 Å². The maximum Gasteiger partial charge on any atom is 0.252 e. The third-order valence-corrected chi connectivity index (χ3v) is 2.22. The number of halogens is 1. The van der Waals surface area contributed by atoms with Gasteiger partial charge < -0.3 is 10.4 Å². The number of aliphatic hydroxyl groups is 1. The standard InChI is InChI=1S/C11H15FN2O2/c1-2-9(15)5-6-13-11(16)8-3-4-10(12)14-7-8/h3-4,7,9,15H,2,5-6H2,1H3,(H,13,16). The summed E-state index contributed by atoms with van der Waals surface area (Å²) < 4.78 is 12.5. The number of hydrogen-bond acceptors (Lipinski definition) is 3. The van der Waals surface area contributed by atoms with Gasteiger partial charge in [-0.1, -0.05) is 6.92 Å². The molecule has 0 spiro atoms. The molecule has 16 heavy (non-hydrogen) atoms. The first-order valence-electron chi connectivity index (χ1n) is 5.21. The van der Waals surface area contributed by atoms with Gasteiger partial charge in [-0.2, -0.15) is 4.39 Å². The SMILES string of the molecule is CCC(O)CCNC(=O)c1ccc(F)nc1. The first kappa shape index (κ1) is 12.6. The van der Waals surface area contributed by atoms with E-state index in [-0.39, 0.29) is 5.91 Å². The number of nitrogens with zero attached hydrogens (tertiary/aromatic N) is 1. The number of aliphatic hydroxyl groups excluding tert-OH is 1. The van der Waals surface area contributed by atoms with E-state index in [1.54, 1.807) is 0 Å². The maximum atomic E-state index is 12.5. The second kappa shape index (κ2) is 6.17. The van der Waals surface area contributed by atoms with Crippen molar-refractivity contribution in [1.82, 2.24) is 10.3 Å². The van der Waals surface area contributed by atoms with E-state index in [0.717, 1.165) is 6.07 Å². The van der Waals surface area contributed by atoms with Crippen molar-refractivity contribution in [2.45, 2.75) is 25.9 Å². The highest BCUT2D eigenvalue weighted by Gasteiger charge is 2.06. The van der Waals surface area contributed by atoms with Crippen LogP contribution in [-0.2, 0) is 0 Å². The first-order valence-corrected chi connectivity index (χ1v) is 5.21. The van der Waals surface area contributed by atoms with Crippen LogP contribution in [0.15, 0.2) is 18.3 Å². The van der Waals surface area contributed by atoms with E-state index >= 15 is 0 Å². The number of carbonyl (C=O) groups excluding carboxylic acids is 1. The Kier molecular flexibility index (Phi) is 4.85. The van der Waals surface area contributed by atoms with E-state index in [1.807, 2.05) is 6.92 Å². The monoisotopic (exact) mass is 226 g/mol. The highest BCUT2D eigenvalue weighted by molar-refractivity contribution is 5.93. The van der Waals surface area contributed by atoms with Crippen LogP contribution >= 0.6 is 0 Å². The molecule has 0 aliphatic carbocycles. The van der Waals surface area contributed by atoms with Crippen LogP contribution in [-0.4, -0.2) is 28.6 Å². The van der Waals surface area contributed by atoms with E-state index in [4.69, 9.17) is 0 Å². The molecule has 0 aromatic carbocycles. The fraction of sp³-hybridized carbons (Fsp3) is 0.455. The molecule has 88 valence electrons. The molecule has 4 nitrogen and oxygen atoms in total. The average molecular weight is 226 g/mol. The molecular formula is C11H15FN2O2. The fourth-order valence-electron chi connectivity index (χ4n) is 1.17. The second-order valence-electron chi connectivity index (χ2n) is 3.48. The van der Waals surface area contributed by atoms with Crippen LogP contribution in [0.3, 0.4) is 0 Å². The normalized spacial score (nSPS) is 12.2. The number of amides is 1. The number of pyridine rings is 1. The summed E-state index contributed by atoms with van der Waals surface area (Å²) in [6.07, 6.45) is 1.96. The van der Waals surface area contributed by atoms with Gasteiger partial charge in [0, 0.05) is 12.7 Å². The zero-order chi connectivity index (χ0) is 12.0. The van der Waals surface area contributed by atoms with Crippen molar-refractivity contribution in [3.05, 3.63) is 29.8 Å². The number of rotatable bonds is 5. The minimum atomic E-state index is -0.613. The van der Waals surface area contributed by atoms with Crippen molar-refractivity contribution in [2.24, 2.45) is 0 Å². The number of nitrogens with one attached hydrogen (secondary N) is 1. The lowest BCUT2D eigenvalue weighted by Crippen LogP contribution is -2.27. The molecule has 0 fully saturated rings. The Bertz CT molecular complexity index is 340. The second-order valence-corrected chi connectivity index (χ2v) is 3.48. The molecule has 1 rings (SSSR count). The largest absolute Gasteiger partial charge is 0.393 e. The molecule has 1 aromatic heterocycles. The fourth-order valence-corrected chi connectivity index (χ4v) is 1.17. The first-order chi connectivity index (χ1) is 7.63. The lowest BCUT2D eigenvalue weighted by atomic mass is 10.2. The summed E-state index contributed by atoms with van der Waals surface area (Å²) in [5.41, 5.74) is 0.312. The van der Waals surface area contributed by atoms with Crippen molar-refractivity contribution >= 4 is 5.91 Å². The lowest BCUT2D eigenvalue weighted by molar-refractivity contribution is 0.0941. The van der Waals surface area contributed by atoms with Crippen LogP contribution in [0.4, 0.5) is 4.39 Å². The van der Waals surface area contributed by atoms with Crippen molar-refractivity contribution in [3.63, 3.8) is 0 Å². The van der Waals surface area contributed by atoms with Crippen LogP contribution in [0.25, 0.3) is 0 Å². The van der Waals surface area contributed by atoms with Crippen LogP contribution < -0.4 is 5.32 Å². The summed E-state index contributed by atoms with van der Waals surface area (Å²) in [7, 11) is 0. The molecule has 0 bridgehead atoms. The van der Waals surface area contributed by atoms with Gasteiger partial charge in [0.1, 0.15) is 0 Å². The van der Waals surface area contributed by atoms with Gasteiger partial charge in [0.2, 0.25) is 5.95 Å². The van der Waals surface area contributed by atoms with Gasteiger partial charge in [-0.25, -0.2) is 4.98 Å². The number of aromatic nitrogens is 1. The van der Waals surface area contributed by atoms with Crippen LogP contribution in [0.2, 0.25) is 0 Å². The van der Waals surface area contributed by atoms with Gasteiger partial charge in [0.15, 0.2) is 0 Å². The van der Waals surface area contributed by atoms with Gasteiger partial charge >= 0.3 is 0 Å². The summed E-state index contributed by atoms with van der Waals surface area (Å²) in [5, 5.41) is 11.9. The molecule has 1 atom stereocenters. The Morgan fingerprint density at radius 2 is 2.38 bits per heavy atom. The molecule has 1 heterocycles. The Morgan fingerprint density at radius 1 is 1.62 bits per heavy atom. The predicted octanol–water partition coefficient (Wildman–Crippen LogP) is 1.11. The average Bonchev–Trinajstić information content (AvgIpc) is 2.29.